The number of ketones is 1. The van der Waals surface area contributed by atoms with E-state index in [1.807, 2.05) is 25.1 Å². The van der Waals surface area contributed by atoms with Gasteiger partial charge in [-0.1, -0.05) is 25.3 Å². The summed E-state index contributed by atoms with van der Waals surface area (Å²) in [5, 5.41) is 0. The number of ether oxygens (including phenoxy) is 2. The fourth-order valence-corrected chi connectivity index (χ4v) is 3.31. The lowest BCUT2D eigenvalue weighted by Gasteiger charge is -2.22. The van der Waals surface area contributed by atoms with Crippen molar-refractivity contribution in [1.29, 1.82) is 0 Å². The molecule has 3 nitrogen and oxygen atoms in total. The maximum absolute atomic E-state index is 11.8. The van der Waals surface area contributed by atoms with E-state index >= 15 is 0 Å². The molecule has 0 radical (unpaired) electrons. The highest BCUT2D eigenvalue weighted by atomic mass is 16.5. The standard InChI is InChI=1S/C18H24O3/c1-13-9-16(19)10-15-7-8-17(11-18(15)21-13)20-12-14-5-3-2-4-6-14/h7-8,11,13-14H,2-6,9-10,12H2,1H3/t13-/m1/s1. The average molecular weight is 288 g/mol. The van der Waals surface area contributed by atoms with Gasteiger partial charge in [0, 0.05) is 24.5 Å². The Morgan fingerprint density at radius 3 is 2.86 bits per heavy atom. The summed E-state index contributed by atoms with van der Waals surface area (Å²) in [5.74, 6) is 2.62. The first-order chi connectivity index (χ1) is 10.2. The van der Waals surface area contributed by atoms with E-state index in [0.717, 1.165) is 23.7 Å². The minimum absolute atomic E-state index is 0.0488. The number of hydrogen-bond donors (Lipinski definition) is 0. The number of carbonyl (C=O) groups excluding carboxylic acids is 1. The molecule has 1 aromatic rings. The molecule has 114 valence electrons. The van der Waals surface area contributed by atoms with Crippen molar-refractivity contribution in [2.24, 2.45) is 5.92 Å². The molecule has 0 unspecified atom stereocenters. The van der Waals surface area contributed by atoms with Crippen molar-refractivity contribution in [3.8, 4) is 11.5 Å². The number of hydrogen-bond acceptors (Lipinski definition) is 3. The molecule has 3 heteroatoms. The molecule has 1 saturated carbocycles. The summed E-state index contributed by atoms with van der Waals surface area (Å²) < 4.78 is 11.8. The summed E-state index contributed by atoms with van der Waals surface area (Å²) >= 11 is 0. The lowest BCUT2D eigenvalue weighted by molar-refractivity contribution is -0.119. The van der Waals surface area contributed by atoms with Gasteiger partial charge in [-0.2, -0.15) is 0 Å². The topological polar surface area (TPSA) is 35.5 Å². The Balaban J connectivity index is 1.66. The molecule has 0 aromatic heterocycles. The van der Waals surface area contributed by atoms with Crippen LogP contribution in [0.1, 0.15) is 51.0 Å². The van der Waals surface area contributed by atoms with Gasteiger partial charge in [0.05, 0.1) is 6.61 Å². The summed E-state index contributed by atoms with van der Waals surface area (Å²) in [7, 11) is 0. The van der Waals surface area contributed by atoms with Crippen molar-refractivity contribution in [2.75, 3.05) is 6.61 Å². The van der Waals surface area contributed by atoms with Gasteiger partial charge < -0.3 is 9.47 Å². The minimum Gasteiger partial charge on any atom is -0.493 e. The van der Waals surface area contributed by atoms with Crippen LogP contribution in [0, 0.1) is 5.92 Å². The third kappa shape index (κ3) is 3.78. The molecular formula is C18H24O3. The lowest BCUT2D eigenvalue weighted by atomic mass is 9.90. The molecule has 3 rings (SSSR count). The summed E-state index contributed by atoms with van der Waals surface area (Å²) in [4.78, 5) is 11.8. The number of fused-ring (bicyclic) bond motifs is 1. The first kappa shape index (κ1) is 14.4. The first-order valence-electron chi connectivity index (χ1n) is 8.15. The second-order valence-electron chi connectivity index (χ2n) is 6.43. The second kappa shape index (κ2) is 6.50. The highest BCUT2D eigenvalue weighted by Crippen LogP contribution is 2.31. The number of carbonyl (C=O) groups is 1. The van der Waals surface area contributed by atoms with Crippen LogP contribution in [-0.2, 0) is 11.2 Å². The van der Waals surface area contributed by atoms with E-state index in [1.54, 1.807) is 0 Å². The van der Waals surface area contributed by atoms with Gasteiger partial charge in [-0.25, -0.2) is 0 Å². The normalized spacial score (nSPS) is 23.1. The maximum atomic E-state index is 11.8. The molecule has 0 saturated heterocycles. The third-order valence-corrected chi connectivity index (χ3v) is 4.48. The van der Waals surface area contributed by atoms with Gasteiger partial charge in [0.25, 0.3) is 0 Å². The lowest BCUT2D eigenvalue weighted by Crippen LogP contribution is -2.15. The van der Waals surface area contributed by atoms with Crippen LogP contribution < -0.4 is 9.47 Å². The Morgan fingerprint density at radius 1 is 1.24 bits per heavy atom. The van der Waals surface area contributed by atoms with E-state index in [-0.39, 0.29) is 11.9 Å². The largest absolute Gasteiger partial charge is 0.493 e. The zero-order valence-corrected chi connectivity index (χ0v) is 12.8. The van der Waals surface area contributed by atoms with Crippen molar-refractivity contribution in [1.82, 2.24) is 0 Å². The maximum Gasteiger partial charge on any atom is 0.141 e. The highest BCUT2D eigenvalue weighted by Gasteiger charge is 2.20. The summed E-state index contributed by atoms with van der Waals surface area (Å²) in [6, 6.07) is 5.89. The fourth-order valence-electron chi connectivity index (χ4n) is 3.31. The zero-order valence-electron chi connectivity index (χ0n) is 12.8. The van der Waals surface area contributed by atoms with E-state index in [9.17, 15) is 4.79 Å². The molecule has 0 N–H and O–H groups in total. The van der Waals surface area contributed by atoms with Crippen LogP contribution in [0.4, 0.5) is 0 Å². The van der Waals surface area contributed by atoms with Crippen molar-refractivity contribution in [2.45, 2.75) is 58.0 Å². The molecule has 1 atom stereocenters. The van der Waals surface area contributed by atoms with Crippen LogP contribution in [0.15, 0.2) is 18.2 Å². The van der Waals surface area contributed by atoms with Gasteiger partial charge >= 0.3 is 0 Å². The Labute approximate surface area is 126 Å². The molecule has 2 aliphatic rings. The van der Waals surface area contributed by atoms with Crippen molar-refractivity contribution in [3.63, 3.8) is 0 Å². The van der Waals surface area contributed by atoms with Crippen LogP contribution >= 0.6 is 0 Å². The molecule has 1 fully saturated rings. The Hall–Kier alpha value is -1.51. The van der Waals surface area contributed by atoms with Gasteiger partial charge in [0.2, 0.25) is 0 Å². The van der Waals surface area contributed by atoms with Gasteiger partial charge in [0.15, 0.2) is 0 Å². The molecule has 1 aliphatic heterocycles. The smallest absolute Gasteiger partial charge is 0.141 e. The average Bonchev–Trinajstić information content (AvgIpc) is 2.62. The molecule has 0 spiro atoms. The number of rotatable bonds is 3. The highest BCUT2D eigenvalue weighted by molar-refractivity contribution is 5.82. The van der Waals surface area contributed by atoms with Crippen LogP contribution in [0.2, 0.25) is 0 Å². The van der Waals surface area contributed by atoms with Crippen LogP contribution in [0.5, 0.6) is 11.5 Å². The molecule has 1 aliphatic carbocycles. The second-order valence-corrected chi connectivity index (χ2v) is 6.43. The van der Waals surface area contributed by atoms with Crippen LogP contribution in [0.3, 0.4) is 0 Å². The summed E-state index contributed by atoms with van der Waals surface area (Å²) in [6.45, 7) is 2.75. The molecule has 0 bridgehead atoms. The van der Waals surface area contributed by atoms with E-state index in [1.165, 1.54) is 32.1 Å². The van der Waals surface area contributed by atoms with E-state index < -0.39 is 0 Å². The van der Waals surface area contributed by atoms with E-state index in [4.69, 9.17) is 9.47 Å². The predicted molar refractivity (Wildman–Crippen MR) is 81.9 cm³/mol. The Bertz CT molecular complexity index is 503. The minimum atomic E-state index is -0.0488. The molecule has 1 heterocycles. The van der Waals surface area contributed by atoms with Crippen molar-refractivity contribution in [3.05, 3.63) is 23.8 Å². The third-order valence-electron chi connectivity index (χ3n) is 4.48. The Kier molecular flexibility index (Phi) is 4.47. The zero-order chi connectivity index (χ0) is 14.7. The first-order valence-corrected chi connectivity index (χ1v) is 8.15. The SMILES string of the molecule is C[C@@H]1CC(=O)Cc2ccc(OCC3CCCCC3)cc2O1. The number of Topliss-reactive ketones (excluding diaryl/α,β-unsaturated/α-hetero) is 1. The molecule has 0 amide bonds. The summed E-state index contributed by atoms with van der Waals surface area (Å²) in [5.41, 5.74) is 0.981. The molecule has 21 heavy (non-hydrogen) atoms. The van der Waals surface area contributed by atoms with Gasteiger partial charge in [-0.15, -0.1) is 0 Å². The van der Waals surface area contributed by atoms with Crippen LogP contribution in [0.25, 0.3) is 0 Å². The van der Waals surface area contributed by atoms with Crippen molar-refractivity contribution >= 4 is 5.78 Å². The van der Waals surface area contributed by atoms with E-state index in [2.05, 4.69) is 0 Å². The van der Waals surface area contributed by atoms with Crippen LogP contribution in [-0.4, -0.2) is 18.5 Å². The monoisotopic (exact) mass is 288 g/mol. The van der Waals surface area contributed by atoms with Gasteiger partial charge in [0.1, 0.15) is 23.4 Å². The summed E-state index contributed by atoms with van der Waals surface area (Å²) in [6.07, 6.45) is 7.53. The fraction of sp³-hybridized carbons (Fsp3) is 0.611. The van der Waals surface area contributed by atoms with Crippen molar-refractivity contribution < 1.29 is 14.3 Å². The molecule has 1 aromatic carbocycles. The van der Waals surface area contributed by atoms with Gasteiger partial charge in [-0.3, -0.25) is 4.79 Å². The predicted octanol–water partition coefficient (Wildman–Crippen LogP) is 3.93. The Morgan fingerprint density at radius 2 is 2.05 bits per heavy atom. The number of benzene rings is 1. The van der Waals surface area contributed by atoms with Gasteiger partial charge in [-0.05, 0) is 31.7 Å². The molecular weight excluding hydrogens is 264 g/mol. The van der Waals surface area contributed by atoms with E-state index in [0.29, 0.717) is 18.8 Å². The quantitative estimate of drug-likeness (QED) is 0.845.